The molecule has 1 saturated heterocycles. The van der Waals surface area contributed by atoms with Gasteiger partial charge in [-0.3, -0.25) is 4.79 Å². The van der Waals surface area contributed by atoms with E-state index in [-0.39, 0.29) is 24.9 Å². The molecule has 0 saturated carbocycles. The number of benzene rings is 1. The molecule has 0 aliphatic carbocycles. The molecule has 8 heteroatoms. The Morgan fingerprint density at radius 2 is 2.08 bits per heavy atom. The highest BCUT2D eigenvalue weighted by atomic mass is 35.5. The second kappa shape index (κ2) is 9.36. The molecule has 1 aliphatic rings. The minimum atomic E-state index is -3.49. The molecular formula is C16H25ClN2O4S. The highest BCUT2D eigenvalue weighted by Crippen LogP contribution is 2.25. The van der Waals surface area contributed by atoms with Gasteiger partial charge in [0.1, 0.15) is 0 Å². The van der Waals surface area contributed by atoms with E-state index in [4.69, 9.17) is 5.11 Å². The first-order valence-electron chi connectivity index (χ1n) is 7.95. The lowest BCUT2D eigenvalue weighted by atomic mass is 10.00. The van der Waals surface area contributed by atoms with Crippen molar-refractivity contribution in [2.75, 3.05) is 26.2 Å². The van der Waals surface area contributed by atoms with E-state index in [1.165, 1.54) is 4.31 Å². The molecule has 1 aromatic rings. The summed E-state index contributed by atoms with van der Waals surface area (Å²) in [6.07, 6.45) is 2.38. The van der Waals surface area contributed by atoms with Crippen molar-refractivity contribution in [3.8, 4) is 0 Å². The topological polar surface area (TPSA) is 86.7 Å². The average Bonchev–Trinajstić information content (AvgIpc) is 2.54. The van der Waals surface area contributed by atoms with Gasteiger partial charge in [0, 0.05) is 13.1 Å². The Morgan fingerprint density at radius 3 is 2.75 bits per heavy atom. The molecule has 0 amide bonds. The lowest BCUT2D eigenvalue weighted by Crippen LogP contribution is -2.43. The smallest absolute Gasteiger partial charge is 0.317 e. The predicted molar refractivity (Wildman–Crippen MR) is 95.1 cm³/mol. The fourth-order valence-electron chi connectivity index (χ4n) is 2.98. The quantitative estimate of drug-likeness (QED) is 0.757. The van der Waals surface area contributed by atoms with E-state index in [0.29, 0.717) is 31.0 Å². The van der Waals surface area contributed by atoms with Gasteiger partial charge in [0.05, 0.1) is 11.4 Å². The summed E-state index contributed by atoms with van der Waals surface area (Å²) in [5.74, 6) is -0.756. The average molecular weight is 377 g/mol. The summed E-state index contributed by atoms with van der Waals surface area (Å²) in [6.45, 7) is 3.33. The minimum Gasteiger partial charge on any atom is -0.480 e. The van der Waals surface area contributed by atoms with Crippen LogP contribution in [0.3, 0.4) is 0 Å². The first-order valence-corrected chi connectivity index (χ1v) is 9.39. The van der Waals surface area contributed by atoms with Gasteiger partial charge in [-0.2, -0.15) is 4.31 Å². The standard InChI is InChI=1S/C16H24N2O4S.ClH/c1-2-14-7-3-4-8-15(14)23(21,22)18-9-5-6-13(12-18)10-17-11-16(19)20;/h3-4,7-8,13,17H,2,5-6,9-12H2,1H3,(H,19,20);1H. The number of hydrogen-bond donors (Lipinski definition) is 2. The number of piperidine rings is 1. The molecule has 1 aliphatic heterocycles. The van der Waals surface area contributed by atoms with Crippen LogP contribution in [0, 0.1) is 5.92 Å². The largest absolute Gasteiger partial charge is 0.480 e. The normalized spacial score (nSPS) is 18.8. The Labute approximate surface area is 149 Å². The van der Waals surface area contributed by atoms with Crippen LogP contribution in [0.5, 0.6) is 0 Å². The summed E-state index contributed by atoms with van der Waals surface area (Å²) in [5.41, 5.74) is 0.832. The van der Waals surface area contributed by atoms with Crippen molar-refractivity contribution in [3.05, 3.63) is 29.8 Å². The number of aryl methyl sites for hydroxylation is 1. The molecule has 0 aromatic heterocycles. The molecule has 2 N–H and O–H groups in total. The van der Waals surface area contributed by atoms with Gasteiger partial charge in [-0.25, -0.2) is 8.42 Å². The number of carbonyl (C=O) groups is 1. The van der Waals surface area contributed by atoms with E-state index < -0.39 is 16.0 Å². The number of nitrogens with zero attached hydrogens (tertiary/aromatic N) is 1. The van der Waals surface area contributed by atoms with Crippen LogP contribution in [-0.4, -0.2) is 50.0 Å². The van der Waals surface area contributed by atoms with Crippen LogP contribution in [0.2, 0.25) is 0 Å². The first-order chi connectivity index (χ1) is 10.9. The molecule has 136 valence electrons. The zero-order valence-electron chi connectivity index (χ0n) is 13.8. The molecule has 1 unspecified atom stereocenters. The number of halogens is 1. The lowest BCUT2D eigenvalue weighted by Gasteiger charge is -2.32. The van der Waals surface area contributed by atoms with Crippen molar-refractivity contribution < 1.29 is 18.3 Å². The third-order valence-corrected chi connectivity index (χ3v) is 6.13. The number of aliphatic carboxylic acids is 1. The molecule has 1 aromatic carbocycles. The van der Waals surface area contributed by atoms with Gasteiger partial charge in [0.25, 0.3) is 0 Å². The Morgan fingerprint density at radius 1 is 1.38 bits per heavy atom. The molecule has 0 radical (unpaired) electrons. The van der Waals surface area contributed by atoms with Crippen LogP contribution in [0.15, 0.2) is 29.2 Å². The van der Waals surface area contributed by atoms with E-state index in [1.807, 2.05) is 19.1 Å². The second-order valence-corrected chi connectivity index (χ2v) is 7.76. The van der Waals surface area contributed by atoms with Gasteiger partial charge < -0.3 is 10.4 Å². The van der Waals surface area contributed by atoms with Crippen molar-refractivity contribution in [1.29, 1.82) is 0 Å². The van der Waals surface area contributed by atoms with Gasteiger partial charge in [-0.15, -0.1) is 12.4 Å². The van der Waals surface area contributed by atoms with Gasteiger partial charge in [0.2, 0.25) is 10.0 Å². The number of rotatable bonds is 7. The summed E-state index contributed by atoms with van der Waals surface area (Å²) >= 11 is 0. The van der Waals surface area contributed by atoms with E-state index in [2.05, 4.69) is 5.32 Å². The number of nitrogens with one attached hydrogen (secondary N) is 1. The zero-order chi connectivity index (χ0) is 16.9. The second-order valence-electron chi connectivity index (χ2n) is 5.86. The predicted octanol–water partition coefficient (Wildman–Crippen LogP) is 1.75. The van der Waals surface area contributed by atoms with Crippen LogP contribution in [0.1, 0.15) is 25.3 Å². The van der Waals surface area contributed by atoms with Crippen molar-refractivity contribution in [2.45, 2.75) is 31.1 Å². The molecular weight excluding hydrogens is 352 g/mol. The van der Waals surface area contributed by atoms with Gasteiger partial charge in [0.15, 0.2) is 0 Å². The monoisotopic (exact) mass is 376 g/mol. The van der Waals surface area contributed by atoms with Crippen molar-refractivity contribution >= 4 is 28.4 Å². The Kier molecular flexibility index (Phi) is 8.15. The molecule has 1 fully saturated rings. The maximum Gasteiger partial charge on any atom is 0.317 e. The SMILES string of the molecule is CCc1ccccc1S(=O)(=O)N1CCCC(CNCC(=O)O)C1.Cl. The number of hydrogen-bond acceptors (Lipinski definition) is 4. The van der Waals surface area contributed by atoms with E-state index in [0.717, 1.165) is 18.4 Å². The van der Waals surface area contributed by atoms with Crippen LogP contribution >= 0.6 is 12.4 Å². The number of carboxylic acids is 1. The van der Waals surface area contributed by atoms with Crippen molar-refractivity contribution in [2.24, 2.45) is 5.92 Å². The Hall–Kier alpha value is -1.15. The van der Waals surface area contributed by atoms with Crippen LogP contribution in [0.4, 0.5) is 0 Å². The van der Waals surface area contributed by atoms with Gasteiger partial charge >= 0.3 is 5.97 Å². The highest BCUT2D eigenvalue weighted by Gasteiger charge is 2.31. The van der Waals surface area contributed by atoms with E-state index >= 15 is 0 Å². The summed E-state index contributed by atoms with van der Waals surface area (Å²) in [5, 5.41) is 11.5. The van der Waals surface area contributed by atoms with Crippen molar-refractivity contribution in [3.63, 3.8) is 0 Å². The molecule has 6 nitrogen and oxygen atoms in total. The first kappa shape index (κ1) is 20.9. The maximum absolute atomic E-state index is 12.9. The Bertz CT molecular complexity index is 651. The number of carboxylic acid groups (broad SMARTS) is 1. The van der Waals surface area contributed by atoms with Gasteiger partial charge in [-0.05, 0) is 43.4 Å². The molecule has 0 spiro atoms. The maximum atomic E-state index is 12.9. The fraction of sp³-hybridized carbons (Fsp3) is 0.562. The third-order valence-electron chi connectivity index (χ3n) is 4.16. The molecule has 24 heavy (non-hydrogen) atoms. The molecule has 0 bridgehead atoms. The summed E-state index contributed by atoms with van der Waals surface area (Å²) in [6, 6.07) is 7.12. The summed E-state index contributed by atoms with van der Waals surface area (Å²) in [4.78, 5) is 10.9. The minimum absolute atomic E-state index is 0. The van der Waals surface area contributed by atoms with Crippen LogP contribution in [0.25, 0.3) is 0 Å². The van der Waals surface area contributed by atoms with Crippen molar-refractivity contribution in [1.82, 2.24) is 9.62 Å². The van der Waals surface area contributed by atoms with E-state index in [9.17, 15) is 13.2 Å². The molecule has 1 atom stereocenters. The molecule has 1 heterocycles. The fourth-order valence-corrected chi connectivity index (χ4v) is 4.83. The van der Waals surface area contributed by atoms with E-state index in [1.54, 1.807) is 12.1 Å². The van der Waals surface area contributed by atoms with Crippen LogP contribution in [-0.2, 0) is 21.2 Å². The third kappa shape index (κ3) is 5.17. The highest BCUT2D eigenvalue weighted by molar-refractivity contribution is 7.89. The van der Waals surface area contributed by atoms with Crippen LogP contribution < -0.4 is 5.32 Å². The molecule has 2 rings (SSSR count). The summed E-state index contributed by atoms with van der Waals surface area (Å²) < 4.78 is 27.4. The number of sulfonamides is 1. The zero-order valence-corrected chi connectivity index (χ0v) is 15.4. The Balaban J connectivity index is 0.00000288. The lowest BCUT2D eigenvalue weighted by molar-refractivity contribution is -0.136. The summed E-state index contributed by atoms with van der Waals surface area (Å²) in [7, 11) is -3.49. The van der Waals surface area contributed by atoms with Gasteiger partial charge in [-0.1, -0.05) is 25.1 Å².